The van der Waals surface area contributed by atoms with Crippen molar-refractivity contribution in [1.82, 2.24) is 10.3 Å². The molecule has 0 radical (unpaired) electrons. The van der Waals surface area contributed by atoms with E-state index in [4.69, 9.17) is 11.6 Å². The summed E-state index contributed by atoms with van der Waals surface area (Å²) in [5.41, 5.74) is 0.200. The summed E-state index contributed by atoms with van der Waals surface area (Å²) in [6.07, 6.45) is 2.34. The SMILES string of the molecule is CCNc1cc(C(=O)NC(C)(C)CC)c(Cl)cn1. The number of hydrogen-bond donors (Lipinski definition) is 2. The van der Waals surface area contributed by atoms with E-state index in [-0.39, 0.29) is 11.4 Å². The van der Waals surface area contributed by atoms with Crippen molar-refractivity contribution in [2.75, 3.05) is 11.9 Å². The zero-order valence-corrected chi connectivity index (χ0v) is 12.1. The molecule has 18 heavy (non-hydrogen) atoms. The maximum Gasteiger partial charge on any atom is 0.253 e. The molecule has 0 aliphatic carbocycles. The Morgan fingerprint density at radius 2 is 2.11 bits per heavy atom. The van der Waals surface area contributed by atoms with Crippen LogP contribution < -0.4 is 10.6 Å². The number of anilines is 1. The molecule has 0 saturated heterocycles. The van der Waals surface area contributed by atoms with Gasteiger partial charge in [-0.2, -0.15) is 0 Å². The van der Waals surface area contributed by atoms with Gasteiger partial charge in [0.1, 0.15) is 5.82 Å². The van der Waals surface area contributed by atoms with Gasteiger partial charge in [-0.15, -0.1) is 0 Å². The molecule has 0 saturated carbocycles. The second-order valence-corrected chi connectivity index (χ2v) is 5.18. The first-order chi connectivity index (χ1) is 8.39. The van der Waals surface area contributed by atoms with Crippen molar-refractivity contribution in [3.8, 4) is 0 Å². The lowest BCUT2D eigenvalue weighted by Gasteiger charge is -2.24. The van der Waals surface area contributed by atoms with Crippen LogP contribution in [0.5, 0.6) is 0 Å². The molecular weight excluding hydrogens is 250 g/mol. The highest BCUT2D eigenvalue weighted by Crippen LogP contribution is 2.19. The summed E-state index contributed by atoms with van der Waals surface area (Å²) in [5.74, 6) is 0.481. The number of rotatable bonds is 5. The molecular formula is C13H20ClN3O. The molecule has 0 bridgehead atoms. The molecule has 0 spiro atoms. The number of carbonyl (C=O) groups is 1. The number of hydrogen-bond acceptors (Lipinski definition) is 3. The van der Waals surface area contributed by atoms with E-state index < -0.39 is 0 Å². The lowest BCUT2D eigenvalue weighted by atomic mass is 10.0. The topological polar surface area (TPSA) is 54.0 Å². The lowest BCUT2D eigenvalue weighted by molar-refractivity contribution is 0.0911. The first kappa shape index (κ1) is 14.8. The van der Waals surface area contributed by atoms with Crippen LogP contribution in [0.25, 0.3) is 0 Å². The number of carbonyl (C=O) groups excluding carboxylic acids is 1. The summed E-state index contributed by atoms with van der Waals surface area (Å²) in [4.78, 5) is 16.3. The largest absolute Gasteiger partial charge is 0.370 e. The fraction of sp³-hybridized carbons (Fsp3) is 0.538. The Hall–Kier alpha value is -1.29. The molecule has 2 N–H and O–H groups in total. The number of halogens is 1. The zero-order chi connectivity index (χ0) is 13.8. The molecule has 1 heterocycles. The van der Waals surface area contributed by atoms with Gasteiger partial charge in [-0.1, -0.05) is 18.5 Å². The smallest absolute Gasteiger partial charge is 0.253 e. The van der Waals surface area contributed by atoms with Gasteiger partial charge in [-0.25, -0.2) is 4.98 Å². The summed E-state index contributed by atoms with van der Waals surface area (Å²) in [7, 11) is 0. The van der Waals surface area contributed by atoms with Crippen LogP contribution in [-0.4, -0.2) is 23.0 Å². The van der Waals surface area contributed by atoms with Gasteiger partial charge in [0.2, 0.25) is 0 Å². The molecule has 0 aromatic carbocycles. The van der Waals surface area contributed by atoms with Crippen LogP contribution in [0.2, 0.25) is 5.02 Å². The molecule has 1 rings (SSSR count). The molecule has 5 heteroatoms. The van der Waals surface area contributed by atoms with E-state index >= 15 is 0 Å². The highest BCUT2D eigenvalue weighted by molar-refractivity contribution is 6.33. The van der Waals surface area contributed by atoms with Crippen LogP contribution in [0, 0.1) is 0 Å². The van der Waals surface area contributed by atoms with Gasteiger partial charge in [0.25, 0.3) is 5.91 Å². The second kappa shape index (κ2) is 6.05. The summed E-state index contributed by atoms with van der Waals surface area (Å²) < 4.78 is 0. The fourth-order valence-corrected chi connectivity index (χ4v) is 1.54. The summed E-state index contributed by atoms with van der Waals surface area (Å²) >= 11 is 6.01. The Balaban J connectivity index is 2.94. The van der Waals surface area contributed by atoms with Crippen molar-refractivity contribution >= 4 is 23.3 Å². The highest BCUT2D eigenvalue weighted by atomic mass is 35.5. The fourth-order valence-electron chi connectivity index (χ4n) is 1.35. The number of nitrogens with one attached hydrogen (secondary N) is 2. The van der Waals surface area contributed by atoms with Crippen molar-refractivity contribution in [1.29, 1.82) is 0 Å². The maximum absolute atomic E-state index is 12.1. The van der Waals surface area contributed by atoms with Gasteiger partial charge in [0.05, 0.1) is 10.6 Å². The van der Waals surface area contributed by atoms with Gasteiger partial charge in [-0.3, -0.25) is 4.79 Å². The van der Waals surface area contributed by atoms with Crippen LogP contribution in [0.1, 0.15) is 44.5 Å². The van der Waals surface area contributed by atoms with Crippen molar-refractivity contribution in [3.05, 3.63) is 22.8 Å². The van der Waals surface area contributed by atoms with E-state index in [1.165, 1.54) is 6.20 Å². The van der Waals surface area contributed by atoms with Crippen molar-refractivity contribution < 1.29 is 4.79 Å². The molecule has 0 atom stereocenters. The van der Waals surface area contributed by atoms with Crippen molar-refractivity contribution in [3.63, 3.8) is 0 Å². The summed E-state index contributed by atoms with van der Waals surface area (Å²) in [6.45, 7) is 8.70. The Kier molecular flexibility index (Phi) is 4.96. The van der Waals surface area contributed by atoms with Crippen LogP contribution in [0.3, 0.4) is 0 Å². The lowest BCUT2D eigenvalue weighted by Crippen LogP contribution is -2.42. The van der Waals surface area contributed by atoms with Gasteiger partial charge in [-0.05, 0) is 33.3 Å². The van der Waals surface area contributed by atoms with E-state index in [1.807, 2.05) is 27.7 Å². The molecule has 1 amide bonds. The van der Waals surface area contributed by atoms with Gasteiger partial charge in [0, 0.05) is 18.3 Å². The minimum Gasteiger partial charge on any atom is -0.370 e. The number of pyridine rings is 1. The molecule has 0 aliphatic rings. The minimum atomic E-state index is -0.248. The van der Waals surface area contributed by atoms with E-state index in [0.717, 1.165) is 13.0 Å². The molecule has 1 aromatic rings. The van der Waals surface area contributed by atoms with Crippen LogP contribution in [0.4, 0.5) is 5.82 Å². The van der Waals surface area contributed by atoms with Crippen LogP contribution >= 0.6 is 11.6 Å². The number of aromatic nitrogens is 1. The average molecular weight is 270 g/mol. The van der Waals surface area contributed by atoms with Gasteiger partial charge >= 0.3 is 0 Å². The number of amides is 1. The Bertz CT molecular complexity index is 432. The monoisotopic (exact) mass is 269 g/mol. The summed E-state index contributed by atoms with van der Waals surface area (Å²) in [5, 5.41) is 6.37. The van der Waals surface area contributed by atoms with Gasteiger partial charge in [0.15, 0.2) is 0 Å². The molecule has 0 fully saturated rings. The van der Waals surface area contributed by atoms with Crippen LogP contribution in [-0.2, 0) is 0 Å². The normalized spacial score (nSPS) is 11.2. The number of nitrogens with zero attached hydrogens (tertiary/aromatic N) is 1. The first-order valence-electron chi connectivity index (χ1n) is 6.11. The van der Waals surface area contributed by atoms with E-state index in [2.05, 4.69) is 15.6 Å². The van der Waals surface area contributed by atoms with E-state index in [0.29, 0.717) is 16.4 Å². The molecule has 0 unspecified atom stereocenters. The third-order valence-corrected chi connectivity index (χ3v) is 3.09. The van der Waals surface area contributed by atoms with Crippen molar-refractivity contribution in [2.24, 2.45) is 0 Å². The third kappa shape index (κ3) is 3.88. The maximum atomic E-state index is 12.1. The highest BCUT2D eigenvalue weighted by Gasteiger charge is 2.20. The first-order valence-corrected chi connectivity index (χ1v) is 6.49. The van der Waals surface area contributed by atoms with Gasteiger partial charge < -0.3 is 10.6 Å². The Morgan fingerprint density at radius 3 is 2.67 bits per heavy atom. The average Bonchev–Trinajstić information content (AvgIpc) is 2.31. The zero-order valence-electron chi connectivity index (χ0n) is 11.3. The third-order valence-electron chi connectivity index (χ3n) is 2.79. The predicted molar refractivity (Wildman–Crippen MR) is 75.2 cm³/mol. The molecule has 100 valence electrons. The van der Waals surface area contributed by atoms with E-state index in [1.54, 1.807) is 6.07 Å². The second-order valence-electron chi connectivity index (χ2n) is 4.77. The minimum absolute atomic E-state index is 0.173. The molecule has 1 aromatic heterocycles. The summed E-state index contributed by atoms with van der Waals surface area (Å²) in [6, 6.07) is 1.67. The Morgan fingerprint density at radius 1 is 1.44 bits per heavy atom. The Labute approximate surface area is 113 Å². The van der Waals surface area contributed by atoms with Crippen molar-refractivity contribution in [2.45, 2.75) is 39.7 Å². The molecule has 4 nitrogen and oxygen atoms in total. The molecule has 0 aliphatic heterocycles. The standard InChI is InChI=1S/C13H20ClN3O/c1-5-13(3,4)17-12(18)9-7-11(15-6-2)16-8-10(9)14/h7-8H,5-6H2,1-4H3,(H,15,16)(H,17,18). The predicted octanol–water partition coefficient (Wildman–Crippen LogP) is 3.09. The van der Waals surface area contributed by atoms with Crippen LogP contribution in [0.15, 0.2) is 12.3 Å². The van der Waals surface area contributed by atoms with E-state index in [9.17, 15) is 4.79 Å². The quantitative estimate of drug-likeness (QED) is 0.864.